The van der Waals surface area contributed by atoms with Crippen LogP contribution in [-0.2, 0) is 12.8 Å². The van der Waals surface area contributed by atoms with Crippen molar-refractivity contribution < 1.29 is 14.2 Å². The maximum Gasteiger partial charge on any atom is 0.160 e. The van der Waals surface area contributed by atoms with E-state index in [9.17, 15) is 0 Å². The molecular formula is C19H23O3P. The standard InChI is InChI=1S/C19H23O3P/c1-20-16-10-8-14(12-18(16)22-3)6-4-5-7-15-9-11-17(21-2)19(23)13-15/h4-5,8-13H,6-7,23H2,1-3H3/b5-4-. The zero-order valence-electron chi connectivity index (χ0n) is 13.8. The van der Waals surface area contributed by atoms with E-state index in [0.29, 0.717) is 0 Å². The first-order valence-electron chi connectivity index (χ1n) is 7.46. The fraction of sp³-hybridized carbons (Fsp3) is 0.263. The van der Waals surface area contributed by atoms with Crippen molar-refractivity contribution in [1.82, 2.24) is 0 Å². The molecule has 0 saturated heterocycles. The predicted octanol–water partition coefficient (Wildman–Crippen LogP) is 3.55. The molecule has 122 valence electrons. The second-order valence-corrected chi connectivity index (χ2v) is 5.77. The number of hydrogen-bond acceptors (Lipinski definition) is 3. The van der Waals surface area contributed by atoms with Crippen LogP contribution in [0.4, 0.5) is 0 Å². The van der Waals surface area contributed by atoms with E-state index in [-0.39, 0.29) is 0 Å². The number of methoxy groups -OCH3 is 3. The topological polar surface area (TPSA) is 27.7 Å². The van der Waals surface area contributed by atoms with Crippen LogP contribution >= 0.6 is 9.24 Å². The molecule has 2 aromatic carbocycles. The summed E-state index contributed by atoms with van der Waals surface area (Å²) in [4.78, 5) is 0. The molecule has 0 aliphatic rings. The van der Waals surface area contributed by atoms with Crippen LogP contribution < -0.4 is 19.5 Å². The minimum Gasteiger partial charge on any atom is -0.496 e. The van der Waals surface area contributed by atoms with Gasteiger partial charge in [0, 0.05) is 5.30 Å². The first-order chi connectivity index (χ1) is 11.2. The van der Waals surface area contributed by atoms with Gasteiger partial charge in [-0.05, 0) is 48.2 Å². The molecular weight excluding hydrogens is 307 g/mol. The minimum atomic E-state index is 0.756. The number of rotatable bonds is 7. The molecule has 0 N–H and O–H groups in total. The first kappa shape index (κ1) is 17.4. The quantitative estimate of drug-likeness (QED) is 0.574. The van der Waals surface area contributed by atoms with Crippen LogP contribution in [0.2, 0.25) is 0 Å². The van der Waals surface area contributed by atoms with Crippen LogP contribution in [0.25, 0.3) is 0 Å². The van der Waals surface area contributed by atoms with E-state index in [1.165, 1.54) is 11.1 Å². The SMILES string of the molecule is COc1ccc(C/C=C\Cc2ccc(OC)c(OC)c2)cc1P. The Morgan fingerprint density at radius 2 is 1.26 bits per heavy atom. The fourth-order valence-electron chi connectivity index (χ4n) is 2.36. The lowest BCUT2D eigenvalue weighted by atomic mass is 10.1. The molecule has 23 heavy (non-hydrogen) atoms. The fourth-order valence-corrected chi connectivity index (χ4v) is 2.79. The monoisotopic (exact) mass is 330 g/mol. The van der Waals surface area contributed by atoms with Crippen molar-refractivity contribution in [1.29, 1.82) is 0 Å². The molecule has 2 aromatic rings. The van der Waals surface area contributed by atoms with E-state index in [4.69, 9.17) is 14.2 Å². The molecule has 0 spiro atoms. The van der Waals surface area contributed by atoms with Crippen molar-refractivity contribution >= 4 is 14.5 Å². The van der Waals surface area contributed by atoms with E-state index < -0.39 is 0 Å². The molecule has 0 aromatic heterocycles. The lowest BCUT2D eigenvalue weighted by molar-refractivity contribution is 0.354. The average Bonchev–Trinajstić information content (AvgIpc) is 2.58. The van der Waals surface area contributed by atoms with Crippen LogP contribution in [-0.4, -0.2) is 21.3 Å². The van der Waals surface area contributed by atoms with Gasteiger partial charge in [0.05, 0.1) is 21.3 Å². The lowest BCUT2D eigenvalue weighted by Gasteiger charge is -2.08. The van der Waals surface area contributed by atoms with Crippen LogP contribution in [0.15, 0.2) is 48.6 Å². The summed E-state index contributed by atoms with van der Waals surface area (Å²) in [5.74, 6) is 2.42. The Labute approximate surface area is 140 Å². The first-order valence-corrected chi connectivity index (χ1v) is 8.04. The minimum absolute atomic E-state index is 0.756. The van der Waals surface area contributed by atoms with Gasteiger partial charge < -0.3 is 14.2 Å². The van der Waals surface area contributed by atoms with Crippen molar-refractivity contribution in [2.75, 3.05) is 21.3 Å². The van der Waals surface area contributed by atoms with Gasteiger partial charge in [-0.3, -0.25) is 0 Å². The van der Waals surface area contributed by atoms with Gasteiger partial charge in [-0.2, -0.15) is 0 Å². The van der Waals surface area contributed by atoms with Gasteiger partial charge in [-0.1, -0.05) is 24.3 Å². The number of hydrogen-bond donors (Lipinski definition) is 0. The third-order valence-corrected chi connectivity index (χ3v) is 4.07. The Morgan fingerprint density at radius 1 is 0.739 bits per heavy atom. The summed E-state index contributed by atoms with van der Waals surface area (Å²) in [5, 5.41) is 1.08. The summed E-state index contributed by atoms with van der Waals surface area (Å²) in [6.07, 6.45) is 6.12. The zero-order valence-corrected chi connectivity index (χ0v) is 15.0. The number of benzene rings is 2. The zero-order chi connectivity index (χ0) is 16.7. The third-order valence-electron chi connectivity index (χ3n) is 3.62. The molecule has 0 aliphatic carbocycles. The van der Waals surface area contributed by atoms with E-state index in [1.54, 1.807) is 21.3 Å². The second kappa shape index (κ2) is 8.59. The summed E-state index contributed by atoms with van der Waals surface area (Å²) in [6.45, 7) is 0. The van der Waals surface area contributed by atoms with Crippen molar-refractivity contribution in [3.63, 3.8) is 0 Å². The summed E-state index contributed by atoms with van der Waals surface area (Å²) >= 11 is 0. The summed E-state index contributed by atoms with van der Waals surface area (Å²) in [7, 11) is 7.69. The third kappa shape index (κ3) is 4.74. The van der Waals surface area contributed by atoms with Gasteiger partial charge in [-0.25, -0.2) is 0 Å². The molecule has 1 unspecified atom stereocenters. The van der Waals surface area contributed by atoms with Gasteiger partial charge in [0.15, 0.2) is 11.5 Å². The Hall–Kier alpha value is -1.99. The van der Waals surface area contributed by atoms with Gasteiger partial charge in [0.1, 0.15) is 5.75 Å². The van der Waals surface area contributed by atoms with Gasteiger partial charge in [0.25, 0.3) is 0 Å². The van der Waals surface area contributed by atoms with Crippen LogP contribution in [0.3, 0.4) is 0 Å². The maximum atomic E-state index is 5.32. The van der Waals surface area contributed by atoms with Gasteiger partial charge in [0.2, 0.25) is 0 Å². The maximum absolute atomic E-state index is 5.32. The summed E-state index contributed by atoms with van der Waals surface area (Å²) in [5.41, 5.74) is 2.46. The van der Waals surface area contributed by atoms with Crippen LogP contribution in [0.1, 0.15) is 11.1 Å². The molecule has 0 radical (unpaired) electrons. The van der Waals surface area contributed by atoms with Crippen LogP contribution in [0, 0.1) is 0 Å². The Bertz CT molecular complexity index is 680. The molecule has 4 heteroatoms. The molecule has 0 fully saturated rings. The molecule has 0 amide bonds. The molecule has 3 nitrogen and oxygen atoms in total. The van der Waals surface area contributed by atoms with E-state index in [2.05, 4.69) is 39.6 Å². The highest BCUT2D eigenvalue weighted by atomic mass is 31.0. The summed E-state index contributed by atoms with van der Waals surface area (Å²) < 4.78 is 15.8. The van der Waals surface area contributed by atoms with Crippen molar-refractivity contribution in [2.45, 2.75) is 12.8 Å². The lowest BCUT2D eigenvalue weighted by Crippen LogP contribution is -1.99. The summed E-state index contributed by atoms with van der Waals surface area (Å²) in [6, 6.07) is 12.2. The molecule has 2 rings (SSSR count). The van der Waals surface area contributed by atoms with E-state index in [0.717, 1.165) is 35.4 Å². The van der Waals surface area contributed by atoms with Crippen molar-refractivity contribution in [3.8, 4) is 17.2 Å². The van der Waals surface area contributed by atoms with Crippen LogP contribution in [0.5, 0.6) is 17.2 Å². The molecule has 0 bridgehead atoms. The number of allylic oxidation sites excluding steroid dienone is 2. The Morgan fingerprint density at radius 3 is 1.78 bits per heavy atom. The number of ether oxygens (including phenoxy) is 3. The van der Waals surface area contributed by atoms with Crippen molar-refractivity contribution in [3.05, 3.63) is 59.7 Å². The smallest absolute Gasteiger partial charge is 0.160 e. The Kier molecular flexibility index (Phi) is 6.49. The molecule has 1 atom stereocenters. The van der Waals surface area contributed by atoms with E-state index in [1.807, 2.05) is 18.2 Å². The highest BCUT2D eigenvalue weighted by molar-refractivity contribution is 7.27. The predicted molar refractivity (Wildman–Crippen MR) is 98.4 cm³/mol. The average molecular weight is 330 g/mol. The largest absolute Gasteiger partial charge is 0.496 e. The van der Waals surface area contributed by atoms with E-state index >= 15 is 0 Å². The highest BCUT2D eigenvalue weighted by Crippen LogP contribution is 2.27. The van der Waals surface area contributed by atoms with Gasteiger partial charge >= 0.3 is 0 Å². The second-order valence-electron chi connectivity index (χ2n) is 5.15. The Balaban J connectivity index is 1.95. The van der Waals surface area contributed by atoms with Crippen molar-refractivity contribution in [2.24, 2.45) is 0 Å². The normalized spacial score (nSPS) is 10.8. The molecule has 0 saturated carbocycles. The highest BCUT2D eigenvalue weighted by Gasteiger charge is 2.03. The van der Waals surface area contributed by atoms with Gasteiger partial charge in [-0.15, -0.1) is 9.24 Å². The molecule has 0 heterocycles. The molecule has 0 aliphatic heterocycles.